The lowest BCUT2D eigenvalue weighted by Gasteiger charge is -2.17. The number of nitrogens with zero attached hydrogens (tertiary/aromatic N) is 4. The van der Waals surface area contributed by atoms with Gasteiger partial charge in [0.1, 0.15) is 12.7 Å². The highest BCUT2D eigenvalue weighted by atomic mass is 15.3. The van der Waals surface area contributed by atoms with Crippen LogP contribution in [0.2, 0.25) is 0 Å². The molecule has 0 radical (unpaired) electrons. The Morgan fingerprint density at radius 1 is 1.29 bits per heavy atom. The Balaban J connectivity index is 2.81. The van der Waals surface area contributed by atoms with Crippen molar-refractivity contribution in [1.82, 2.24) is 19.6 Å². The number of hydrogen-bond acceptors (Lipinski definition) is 3. The second kappa shape index (κ2) is 2.77. The topological polar surface area (TPSA) is 43.1 Å². The third-order valence-corrected chi connectivity index (χ3v) is 2.23. The lowest BCUT2D eigenvalue weighted by Crippen LogP contribution is -2.12. The Morgan fingerprint density at radius 3 is 2.64 bits per heavy atom. The fourth-order valence-corrected chi connectivity index (χ4v) is 1.80. The van der Waals surface area contributed by atoms with Crippen molar-refractivity contribution in [2.75, 3.05) is 0 Å². The van der Waals surface area contributed by atoms with Crippen molar-refractivity contribution in [1.29, 1.82) is 0 Å². The molecule has 74 valence electrons. The molecular weight excluding hydrogens is 176 g/mol. The molecule has 0 spiro atoms. The minimum absolute atomic E-state index is 0.0696. The van der Waals surface area contributed by atoms with Crippen LogP contribution in [-0.2, 0) is 5.41 Å². The third-order valence-electron chi connectivity index (χ3n) is 2.23. The minimum Gasteiger partial charge on any atom is -0.225 e. The first-order valence-electron chi connectivity index (χ1n) is 4.65. The van der Waals surface area contributed by atoms with Gasteiger partial charge in [-0.05, 0) is 12.3 Å². The van der Waals surface area contributed by atoms with E-state index >= 15 is 0 Å². The molecule has 0 unspecified atom stereocenters. The zero-order valence-corrected chi connectivity index (χ0v) is 8.94. The van der Waals surface area contributed by atoms with Gasteiger partial charge < -0.3 is 0 Å². The first-order valence-corrected chi connectivity index (χ1v) is 4.65. The average Bonchev–Trinajstić information content (AvgIpc) is 2.38. The maximum Gasteiger partial charge on any atom is 0.162 e. The fraction of sp³-hybridized carbons (Fsp3) is 0.500. The molecule has 2 heterocycles. The van der Waals surface area contributed by atoms with Crippen LogP contribution < -0.4 is 0 Å². The number of fused-ring (bicyclic) bond motifs is 1. The number of hydrogen-bond donors (Lipinski definition) is 0. The van der Waals surface area contributed by atoms with Gasteiger partial charge in [-0.15, -0.1) is 0 Å². The molecule has 0 atom stereocenters. The molecule has 4 nitrogen and oxygen atoms in total. The van der Waals surface area contributed by atoms with Gasteiger partial charge in [-0.25, -0.2) is 14.5 Å². The molecule has 0 N–H and O–H groups in total. The SMILES string of the molecule is Cc1nn2cncnc2c1C(C)(C)C. The standard InChI is InChI=1S/C10H14N4/c1-7-8(10(2,3)4)9-12-5-11-6-14(9)13-7/h5-6H,1-4H3. The highest BCUT2D eigenvalue weighted by molar-refractivity contribution is 5.52. The van der Waals surface area contributed by atoms with Crippen LogP contribution in [0.5, 0.6) is 0 Å². The summed E-state index contributed by atoms with van der Waals surface area (Å²) in [6.07, 6.45) is 3.25. The summed E-state index contributed by atoms with van der Waals surface area (Å²) in [5.74, 6) is 0. The molecule has 0 bridgehead atoms. The number of aromatic nitrogens is 4. The molecule has 0 aromatic carbocycles. The van der Waals surface area contributed by atoms with E-state index in [1.807, 2.05) is 6.92 Å². The quantitative estimate of drug-likeness (QED) is 0.635. The summed E-state index contributed by atoms with van der Waals surface area (Å²) in [5.41, 5.74) is 3.20. The van der Waals surface area contributed by atoms with Crippen molar-refractivity contribution in [2.45, 2.75) is 33.1 Å². The molecule has 0 fully saturated rings. The zero-order chi connectivity index (χ0) is 10.3. The summed E-state index contributed by atoms with van der Waals surface area (Å²) >= 11 is 0. The van der Waals surface area contributed by atoms with Gasteiger partial charge in [0.2, 0.25) is 0 Å². The Kier molecular flexibility index (Phi) is 1.80. The van der Waals surface area contributed by atoms with E-state index in [1.165, 1.54) is 5.56 Å². The molecule has 4 heteroatoms. The van der Waals surface area contributed by atoms with Crippen molar-refractivity contribution in [3.05, 3.63) is 23.9 Å². The molecule has 0 amide bonds. The van der Waals surface area contributed by atoms with E-state index in [0.29, 0.717) is 0 Å². The Bertz CT molecular complexity index is 464. The van der Waals surface area contributed by atoms with Crippen LogP contribution >= 0.6 is 0 Å². The van der Waals surface area contributed by atoms with Gasteiger partial charge in [0.05, 0.1) is 5.69 Å². The maximum absolute atomic E-state index is 4.37. The van der Waals surface area contributed by atoms with E-state index in [1.54, 1.807) is 17.2 Å². The lowest BCUT2D eigenvalue weighted by molar-refractivity contribution is 0.590. The molecule has 14 heavy (non-hydrogen) atoms. The molecular formula is C10H14N4. The van der Waals surface area contributed by atoms with Gasteiger partial charge in [-0.2, -0.15) is 5.10 Å². The predicted molar refractivity (Wildman–Crippen MR) is 54.2 cm³/mol. The van der Waals surface area contributed by atoms with Gasteiger partial charge in [-0.1, -0.05) is 20.8 Å². The highest BCUT2D eigenvalue weighted by Gasteiger charge is 2.22. The van der Waals surface area contributed by atoms with Gasteiger partial charge in [0.25, 0.3) is 0 Å². The van der Waals surface area contributed by atoms with Crippen LogP contribution in [0.25, 0.3) is 5.65 Å². The van der Waals surface area contributed by atoms with E-state index in [2.05, 4.69) is 35.8 Å². The second-order valence-corrected chi connectivity index (χ2v) is 4.49. The van der Waals surface area contributed by atoms with E-state index in [9.17, 15) is 0 Å². The molecule has 0 aliphatic rings. The molecule has 2 aromatic heterocycles. The van der Waals surface area contributed by atoms with Gasteiger partial charge >= 0.3 is 0 Å². The second-order valence-electron chi connectivity index (χ2n) is 4.49. The van der Waals surface area contributed by atoms with Crippen LogP contribution in [0.15, 0.2) is 12.7 Å². The van der Waals surface area contributed by atoms with Crippen LogP contribution in [0.1, 0.15) is 32.0 Å². The number of rotatable bonds is 0. The summed E-state index contributed by atoms with van der Waals surface area (Å²) in [4.78, 5) is 8.20. The van der Waals surface area contributed by atoms with Crippen molar-refractivity contribution >= 4 is 5.65 Å². The van der Waals surface area contributed by atoms with Gasteiger partial charge in [-0.3, -0.25) is 0 Å². The first kappa shape index (κ1) is 9.12. The maximum atomic E-state index is 4.37. The highest BCUT2D eigenvalue weighted by Crippen LogP contribution is 2.27. The van der Waals surface area contributed by atoms with E-state index in [0.717, 1.165) is 11.3 Å². The average molecular weight is 190 g/mol. The Morgan fingerprint density at radius 2 is 2.00 bits per heavy atom. The first-order chi connectivity index (χ1) is 6.50. The fourth-order valence-electron chi connectivity index (χ4n) is 1.80. The summed E-state index contributed by atoms with van der Waals surface area (Å²) in [6.45, 7) is 8.51. The molecule has 0 saturated heterocycles. The third kappa shape index (κ3) is 1.27. The van der Waals surface area contributed by atoms with Crippen molar-refractivity contribution in [3.63, 3.8) is 0 Å². The smallest absolute Gasteiger partial charge is 0.162 e. The van der Waals surface area contributed by atoms with Crippen molar-refractivity contribution in [3.8, 4) is 0 Å². The summed E-state index contributed by atoms with van der Waals surface area (Å²) in [5, 5.41) is 4.37. The minimum atomic E-state index is 0.0696. The zero-order valence-electron chi connectivity index (χ0n) is 8.94. The monoisotopic (exact) mass is 190 g/mol. The molecule has 0 aliphatic carbocycles. The molecule has 2 rings (SSSR count). The van der Waals surface area contributed by atoms with E-state index in [-0.39, 0.29) is 5.41 Å². The molecule has 2 aromatic rings. The predicted octanol–water partition coefficient (Wildman–Crippen LogP) is 1.73. The normalized spacial score (nSPS) is 12.3. The Hall–Kier alpha value is -1.45. The van der Waals surface area contributed by atoms with Crippen LogP contribution in [0.4, 0.5) is 0 Å². The van der Waals surface area contributed by atoms with Crippen molar-refractivity contribution < 1.29 is 0 Å². The molecule has 0 saturated carbocycles. The van der Waals surface area contributed by atoms with Crippen LogP contribution in [0.3, 0.4) is 0 Å². The van der Waals surface area contributed by atoms with Gasteiger partial charge in [0.15, 0.2) is 5.65 Å². The van der Waals surface area contributed by atoms with E-state index < -0.39 is 0 Å². The Labute approximate surface area is 83.0 Å². The number of aryl methyl sites for hydroxylation is 1. The van der Waals surface area contributed by atoms with Crippen LogP contribution in [-0.4, -0.2) is 19.6 Å². The lowest BCUT2D eigenvalue weighted by atomic mass is 9.87. The summed E-state index contributed by atoms with van der Waals surface area (Å²) in [7, 11) is 0. The molecule has 0 aliphatic heterocycles. The summed E-state index contributed by atoms with van der Waals surface area (Å²) in [6, 6.07) is 0. The van der Waals surface area contributed by atoms with Crippen LogP contribution in [0, 0.1) is 6.92 Å². The van der Waals surface area contributed by atoms with E-state index in [4.69, 9.17) is 0 Å². The van der Waals surface area contributed by atoms with Gasteiger partial charge in [0, 0.05) is 5.56 Å². The largest absolute Gasteiger partial charge is 0.225 e. The summed E-state index contributed by atoms with van der Waals surface area (Å²) < 4.78 is 1.73. The van der Waals surface area contributed by atoms with Crippen molar-refractivity contribution in [2.24, 2.45) is 0 Å².